The Morgan fingerprint density at radius 1 is 1.12 bits per heavy atom. The van der Waals surface area contributed by atoms with Crippen LogP contribution in [0.5, 0.6) is 5.75 Å². The lowest BCUT2D eigenvalue weighted by atomic mass is 10.1. The van der Waals surface area contributed by atoms with Crippen molar-refractivity contribution in [2.45, 2.75) is 19.3 Å². The van der Waals surface area contributed by atoms with Crippen molar-refractivity contribution in [2.75, 3.05) is 11.9 Å². The normalized spacial score (nSPS) is 12.8. The zero-order valence-corrected chi connectivity index (χ0v) is 13.6. The summed E-state index contributed by atoms with van der Waals surface area (Å²) in [6.45, 7) is 4.10. The summed E-state index contributed by atoms with van der Waals surface area (Å²) in [6.07, 6.45) is 8.51. The van der Waals surface area contributed by atoms with Gasteiger partial charge in [0.05, 0.1) is 0 Å². The van der Waals surface area contributed by atoms with Crippen LogP contribution in [0.4, 0.5) is 5.69 Å². The van der Waals surface area contributed by atoms with E-state index in [1.165, 1.54) is 17.5 Å². The van der Waals surface area contributed by atoms with Crippen molar-refractivity contribution in [2.24, 2.45) is 0 Å². The molecule has 0 unspecified atom stereocenters. The zero-order valence-electron chi connectivity index (χ0n) is 13.6. The van der Waals surface area contributed by atoms with Gasteiger partial charge in [-0.1, -0.05) is 30.9 Å². The van der Waals surface area contributed by atoms with E-state index < -0.39 is 0 Å². The maximum absolute atomic E-state index is 12.1. The highest BCUT2D eigenvalue weighted by Gasteiger charge is 2.11. The lowest BCUT2D eigenvalue weighted by Crippen LogP contribution is -2.08. The van der Waals surface area contributed by atoms with Gasteiger partial charge in [-0.25, -0.2) is 0 Å². The molecule has 2 aromatic rings. The van der Waals surface area contributed by atoms with Crippen molar-refractivity contribution in [1.82, 2.24) is 0 Å². The molecule has 0 heterocycles. The van der Waals surface area contributed by atoms with E-state index in [4.69, 9.17) is 4.74 Å². The summed E-state index contributed by atoms with van der Waals surface area (Å²) in [6, 6.07) is 13.8. The summed E-state index contributed by atoms with van der Waals surface area (Å²) in [4.78, 5) is 12.1. The Hall–Kier alpha value is -2.81. The molecule has 0 radical (unpaired) electrons. The highest BCUT2D eigenvalue weighted by atomic mass is 16.5. The SMILES string of the molecule is C=CCOc1ccc(/C=C/C(=O)Nc2ccc3c(c2)CCC3)cc1. The second-order valence-electron chi connectivity index (χ2n) is 5.83. The van der Waals surface area contributed by atoms with Crippen LogP contribution in [0.25, 0.3) is 6.08 Å². The Morgan fingerprint density at radius 2 is 1.92 bits per heavy atom. The number of aryl methyl sites for hydroxylation is 2. The molecular weight excluding hydrogens is 298 g/mol. The summed E-state index contributed by atoms with van der Waals surface area (Å²) < 4.78 is 5.43. The molecule has 1 N–H and O–H groups in total. The van der Waals surface area contributed by atoms with Crippen LogP contribution in [0, 0.1) is 0 Å². The average Bonchev–Trinajstić information content (AvgIpc) is 3.07. The van der Waals surface area contributed by atoms with E-state index >= 15 is 0 Å². The van der Waals surface area contributed by atoms with Crippen molar-refractivity contribution in [3.63, 3.8) is 0 Å². The Bertz CT molecular complexity index is 760. The van der Waals surface area contributed by atoms with Crippen LogP contribution in [0.3, 0.4) is 0 Å². The Kier molecular flexibility index (Phi) is 5.12. The van der Waals surface area contributed by atoms with Gasteiger partial charge in [0.1, 0.15) is 12.4 Å². The van der Waals surface area contributed by atoms with Crippen molar-refractivity contribution < 1.29 is 9.53 Å². The molecule has 2 aromatic carbocycles. The average molecular weight is 319 g/mol. The first kappa shape index (κ1) is 16.1. The van der Waals surface area contributed by atoms with Crippen molar-refractivity contribution >= 4 is 17.7 Å². The van der Waals surface area contributed by atoms with Crippen molar-refractivity contribution in [3.8, 4) is 5.75 Å². The zero-order chi connectivity index (χ0) is 16.8. The van der Waals surface area contributed by atoms with Gasteiger partial charge in [-0.3, -0.25) is 4.79 Å². The molecule has 1 aliphatic carbocycles. The smallest absolute Gasteiger partial charge is 0.248 e. The predicted molar refractivity (Wildman–Crippen MR) is 98.3 cm³/mol. The fourth-order valence-corrected chi connectivity index (χ4v) is 2.84. The van der Waals surface area contributed by atoms with Crippen LogP contribution in [0.1, 0.15) is 23.1 Å². The number of rotatable bonds is 6. The highest BCUT2D eigenvalue weighted by molar-refractivity contribution is 6.02. The summed E-state index contributed by atoms with van der Waals surface area (Å²) in [7, 11) is 0. The Morgan fingerprint density at radius 3 is 2.71 bits per heavy atom. The standard InChI is InChI=1S/C21H21NO2/c1-2-14-24-20-11-6-16(7-12-20)8-13-21(23)22-19-10-9-17-4-3-5-18(17)15-19/h2,6-13,15H,1,3-5,14H2,(H,22,23)/b13-8+. The van der Waals surface area contributed by atoms with E-state index in [2.05, 4.69) is 24.0 Å². The highest BCUT2D eigenvalue weighted by Crippen LogP contribution is 2.24. The van der Waals surface area contributed by atoms with E-state index in [1.54, 1.807) is 18.2 Å². The largest absolute Gasteiger partial charge is 0.490 e. The van der Waals surface area contributed by atoms with Crippen LogP contribution in [0.2, 0.25) is 0 Å². The van der Waals surface area contributed by atoms with Gasteiger partial charge < -0.3 is 10.1 Å². The monoisotopic (exact) mass is 319 g/mol. The number of amides is 1. The van der Waals surface area contributed by atoms with Gasteiger partial charge in [-0.2, -0.15) is 0 Å². The van der Waals surface area contributed by atoms with Crippen molar-refractivity contribution in [3.05, 3.63) is 77.9 Å². The molecular formula is C21H21NO2. The molecule has 0 spiro atoms. The summed E-state index contributed by atoms with van der Waals surface area (Å²) in [5.41, 5.74) is 4.57. The van der Waals surface area contributed by atoms with Gasteiger partial charge in [0.25, 0.3) is 0 Å². The van der Waals surface area contributed by atoms with Gasteiger partial charge >= 0.3 is 0 Å². The quantitative estimate of drug-likeness (QED) is 0.633. The maximum Gasteiger partial charge on any atom is 0.248 e. The molecule has 3 rings (SSSR count). The van der Waals surface area contributed by atoms with Gasteiger partial charge in [-0.15, -0.1) is 0 Å². The Labute approximate surface area is 142 Å². The summed E-state index contributed by atoms with van der Waals surface area (Å²) >= 11 is 0. The molecule has 3 heteroatoms. The van der Waals surface area contributed by atoms with Crippen LogP contribution >= 0.6 is 0 Å². The van der Waals surface area contributed by atoms with Crippen LogP contribution in [0.15, 0.2) is 61.2 Å². The minimum atomic E-state index is -0.125. The minimum Gasteiger partial charge on any atom is -0.490 e. The number of anilines is 1. The number of benzene rings is 2. The molecule has 0 aromatic heterocycles. The van der Waals surface area contributed by atoms with Gasteiger partial charge in [0.15, 0.2) is 0 Å². The van der Waals surface area contributed by atoms with Crippen LogP contribution in [-0.4, -0.2) is 12.5 Å². The molecule has 0 atom stereocenters. The molecule has 1 amide bonds. The summed E-state index contributed by atoms with van der Waals surface area (Å²) in [5, 5.41) is 2.92. The third-order valence-corrected chi connectivity index (χ3v) is 4.04. The molecule has 0 fully saturated rings. The first-order valence-corrected chi connectivity index (χ1v) is 8.19. The number of hydrogen-bond donors (Lipinski definition) is 1. The number of carbonyl (C=O) groups excluding carboxylic acids is 1. The summed E-state index contributed by atoms with van der Waals surface area (Å²) in [5.74, 6) is 0.662. The van der Waals surface area contributed by atoms with Crippen LogP contribution in [-0.2, 0) is 17.6 Å². The van der Waals surface area contributed by atoms with E-state index in [-0.39, 0.29) is 5.91 Å². The van der Waals surface area contributed by atoms with Gasteiger partial charge in [0.2, 0.25) is 5.91 Å². The molecule has 3 nitrogen and oxygen atoms in total. The third kappa shape index (κ3) is 4.13. The van der Waals surface area contributed by atoms with Gasteiger partial charge in [0, 0.05) is 11.8 Å². The molecule has 0 saturated heterocycles. The second-order valence-corrected chi connectivity index (χ2v) is 5.83. The number of fused-ring (bicyclic) bond motifs is 1. The topological polar surface area (TPSA) is 38.3 Å². The lowest BCUT2D eigenvalue weighted by molar-refractivity contribution is -0.111. The fraction of sp³-hybridized carbons (Fsp3) is 0.190. The Balaban J connectivity index is 1.58. The molecule has 1 aliphatic rings. The maximum atomic E-state index is 12.1. The molecule has 0 aliphatic heterocycles. The van der Waals surface area contributed by atoms with E-state index in [1.807, 2.05) is 30.3 Å². The number of hydrogen-bond acceptors (Lipinski definition) is 2. The molecule has 0 saturated carbocycles. The van der Waals surface area contributed by atoms with Crippen molar-refractivity contribution in [1.29, 1.82) is 0 Å². The first-order chi connectivity index (χ1) is 11.7. The van der Waals surface area contributed by atoms with E-state index in [0.29, 0.717) is 6.61 Å². The molecule has 24 heavy (non-hydrogen) atoms. The van der Waals surface area contributed by atoms with Crippen LogP contribution < -0.4 is 10.1 Å². The molecule has 0 bridgehead atoms. The number of nitrogens with one attached hydrogen (secondary N) is 1. The fourth-order valence-electron chi connectivity index (χ4n) is 2.84. The van der Waals surface area contributed by atoms with E-state index in [0.717, 1.165) is 29.8 Å². The third-order valence-electron chi connectivity index (χ3n) is 4.04. The van der Waals surface area contributed by atoms with E-state index in [9.17, 15) is 4.79 Å². The number of carbonyl (C=O) groups is 1. The second kappa shape index (κ2) is 7.64. The minimum absolute atomic E-state index is 0.125. The first-order valence-electron chi connectivity index (χ1n) is 8.19. The van der Waals surface area contributed by atoms with Gasteiger partial charge in [-0.05, 0) is 66.3 Å². The lowest BCUT2D eigenvalue weighted by Gasteiger charge is -2.05. The number of ether oxygens (including phenoxy) is 1. The predicted octanol–water partition coefficient (Wildman–Crippen LogP) is 4.39. The molecule has 122 valence electrons.